The van der Waals surface area contributed by atoms with Gasteiger partial charge in [0.05, 0.1) is 5.69 Å². The van der Waals surface area contributed by atoms with Crippen LogP contribution in [0.1, 0.15) is 17.0 Å². The summed E-state index contributed by atoms with van der Waals surface area (Å²) in [4.78, 5) is 19.7. The topological polar surface area (TPSA) is 56.1 Å². The first-order valence-corrected chi connectivity index (χ1v) is 9.02. The van der Waals surface area contributed by atoms with E-state index in [4.69, 9.17) is 9.47 Å². The molecule has 0 bridgehead atoms. The molecule has 0 atom stereocenters. The van der Waals surface area contributed by atoms with E-state index in [1.54, 1.807) is 10.5 Å². The fraction of sp³-hybridized carbons (Fsp3) is 0.333. The Morgan fingerprint density at radius 2 is 2.00 bits per heavy atom. The van der Waals surface area contributed by atoms with Crippen molar-refractivity contribution in [2.75, 3.05) is 20.3 Å². The highest BCUT2D eigenvalue weighted by Gasteiger charge is 2.13. The van der Waals surface area contributed by atoms with Crippen LogP contribution in [0.25, 0.3) is 4.96 Å². The van der Waals surface area contributed by atoms with E-state index in [0.717, 1.165) is 40.0 Å². The number of rotatable bonds is 4. The number of aromatic nitrogens is 2. The molecule has 0 saturated carbocycles. The highest BCUT2D eigenvalue weighted by molar-refractivity contribution is 7.15. The Morgan fingerprint density at radius 1 is 1.20 bits per heavy atom. The molecule has 3 aromatic rings. The van der Waals surface area contributed by atoms with Crippen LogP contribution < -0.4 is 15.0 Å². The third-order valence-corrected chi connectivity index (χ3v) is 5.06. The third kappa shape index (κ3) is 3.25. The van der Waals surface area contributed by atoms with Crippen molar-refractivity contribution in [2.24, 2.45) is 0 Å². The van der Waals surface area contributed by atoms with E-state index in [-0.39, 0.29) is 5.56 Å². The molecule has 0 spiro atoms. The van der Waals surface area contributed by atoms with Crippen LogP contribution in [0.4, 0.5) is 0 Å². The molecule has 6 nitrogen and oxygen atoms in total. The van der Waals surface area contributed by atoms with Crippen LogP contribution >= 0.6 is 11.3 Å². The van der Waals surface area contributed by atoms with Gasteiger partial charge in [-0.2, -0.15) is 0 Å². The summed E-state index contributed by atoms with van der Waals surface area (Å²) in [6.45, 7) is 4.44. The van der Waals surface area contributed by atoms with Crippen molar-refractivity contribution < 1.29 is 9.47 Å². The summed E-state index contributed by atoms with van der Waals surface area (Å²) in [5.41, 5.74) is 2.82. The molecular weight excluding hydrogens is 338 g/mol. The van der Waals surface area contributed by atoms with Crippen molar-refractivity contribution >= 4 is 16.3 Å². The lowest BCUT2D eigenvalue weighted by atomic mass is 10.2. The van der Waals surface area contributed by atoms with E-state index in [2.05, 4.69) is 9.88 Å². The van der Waals surface area contributed by atoms with Gasteiger partial charge in [0.1, 0.15) is 13.2 Å². The summed E-state index contributed by atoms with van der Waals surface area (Å²) in [6.07, 6.45) is 0. The number of fused-ring (bicyclic) bond motifs is 2. The molecule has 0 aliphatic carbocycles. The molecule has 0 amide bonds. The minimum absolute atomic E-state index is 0.0218. The fourth-order valence-electron chi connectivity index (χ4n) is 3.01. The molecule has 0 radical (unpaired) electrons. The van der Waals surface area contributed by atoms with Crippen molar-refractivity contribution in [3.8, 4) is 11.5 Å². The fourth-order valence-corrected chi connectivity index (χ4v) is 3.90. The average Bonchev–Trinajstić information content (AvgIpc) is 2.96. The Morgan fingerprint density at radius 3 is 2.84 bits per heavy atom. The van der Waals surface area contributed by atoms with Gasteiger partial charge in [-0.25, -0.2) is 4.98 Å². The summed E-state index contributed by atoms with van der Waals surface area (Å²) >= 11 is 1.49. The van der Waals surface area contributed by atoms with Crippen molar-refractivity contribution in [3.63, 3.8) is 0 Å². The highest BCUT2D eigenvalue weighted by atomic mass is 32.1. The van der Waals surface area contributed by atoms with Crippen molar-refractivity contribution in [2.45, 2.75) is 20.0 Å². The highest BCUT2D eigenvalue weighted by Crippen LogP contribution is 2.31. The number of benzene rings is 1. The van der Waals surface area contributed by atoms with Gasteiger partial charge >= 0.3 is 0 Å². The SMILES string of the molecule is Cc1csc2nc(CN(C)Cc3ccc4c(c3)OCCO4)cc(=O)n12. The average molecular weight is 357 g/mol. The van der Waals surface area contributed by atoms with E-state index >= 15 is 0 Å². The predicted molar refractivity (Wildman–Crippen MR) is 96.7 cm³/mol. The number of hydrogen-bond donors (Lipinski definition) is 0. The summed E-state index contributed by atoms with van der Waals surface area (Å²) in [7, 11) is 2.01. The van der Waals surface area contributed by atoms with Crippen molar-refractivity contribution in [1.29, 1.82) is 0 Å². The molecular formula is C18H19N3O3S. The Kier molecular flexibility index (Phi) is 4.19. The lowest BCUT2D eigenvalue weighted by Crippen LogP contribution is -2.22. The second-order valence-electron chi connectivity index (χ2n) is 6.23. The van der Waals surface area contributed by atoms with E-state index in [9.17, 15) is 4.79 Å². The van der Waals surface area contributed by atoms with Crippen LogP contribution in [-0.4, -0.2) is 34.5 Å². The van der Waals surface area contributed by atoms with Gasteiger partial charge in [-0.1, -0.05) is 6.07 Å². The smallest absolute Gasteiger partial charge is 0.259 e. The molecule has 0 unspecified atom stereocenters. The second-order valence-corrected chi connectivity index (χ2v) is 7.07. The molecule has 4 rings (SSSR count). The second kappa shape index (κ2) is 6.50. The van der Waals surface area contributed by atoms with Crippen LogP contribution in [0.2, 0.25) is 0 Å². The molecule has 130 valence electrons. The molecule has 0 saturated heterocycles. The molecule has 1 aromatic carbocycles. The van der Waals surface area contributed by atoms with Crippen LogP contribution in [0.3, 0.4) is 0 Å². The summed E-state index contributed by atoms with van der Waals surface area (Å²) in [5.74, 6) is 1.59. The van der Waals surface area contributed by atoms with Gasteiger partial charge in [0.2, 0.25) is 0 Å². The monoisotopic (exact) mass is 357 g/mol. The van der Waals surface area contributed by atoms with Gasteiger partial charge in [-0.15, -0.1) is 11.3 Å². The largest absolute Gasteiger partial charge is 0.486 e. The third-order valence-electron chi connectivity index (χ3n) is 4.12. The maximum Gasteiger partial charge on any atom is 0.259 e. The Bertz CT molecular complexity index is 979. The van der Waals surface area contributed by atoms with Gasteiger partial charge in [0.15, 0.2) is 16.5 Å². The van der Waals surface area contributed by atoms with Gasteiger partial charge in [0, 0.05) is 30.2 Å². The molecule has 0 N–H and O–H groups in total. The maximum atomic E-state index is 12.3. The van der Waals surface area contributed by atoms with E-state index in [0.29, 0.717) is 19.8 Å². The summed E-state index contributed by atoms with van der Waals surface area (Å²) in [5, 5.41) is 1.95. The van der Waals surface area contributed by atoms with Crippen LogP contribution in [0.15, 0.2) is 34.4 Å². The number of ether oxygens (including phenoxy) is 2. The number of nitrogens with zero attached hydrogens (tertiary/aromatic N) is 3. The van der Waals surface area contributed by atoms with Crippen LogP contribution in [0, 0.1) is 6.92 Å². The summed E-state index contributed by atoms with van der Waals surface area (Å²) in [6, 6.07) is 7.62. The zero-order valence-electron chi connectivity index (χ0n) is 14.2. The number of thiazole rings is 1. The molecule has 0 fully saturated rings. The molecule has 1 aliphatic heterocycles. The first-order chi connectivity index (χ1) is 12.1. The molecule has 2 aromatic heterocycles. The Balaban J connectivity index is 1.50. The normalized spacial score (nSPS) is 13.6. The predicted octanol–water partition coefficient (Wildman–Crippen LogP) is 2.47. The van der Waals surface area contributed by atoms with Gasteiger partial charge in [0.25, 0.3) is 5.56 Å². The lowest BCUT2D eigenvalue weighted by Gasteiger charge is -2.21. The van der Waals surface area contributed by atoms with Crippen molar-refractivity contribution in [3.05, 3.63) is 57.0 Å². The van der Waals surface area contributed by atoms with E-state index in [1.165, 1.54) is 11.3 Å². The van der Waals surface area contributed by atoms with Crippen molar-refractivity contribution in [1.82, 2.24) is 14.3 Å². The quantitative estimate of drug-likeness (QED) is 0.718. The van der Waals surface area contributed by atoms with E-state index in [1.807, 2.05) is 37.6 Å². The summed E-state index contributed by atoms with van der Waals surface area (Å²) < 4.78 is 12.8. The van der Waals surface area contributed by atoms with Crippen LogP contribution in [-0.2, 0) is 13.1 Å². The molecule has 3 heterocycles. The minimum atomic E-state index is -0.0218. The maximum absolute atomic E-state index is 12.3. The first-order valence-electron chi connectivity index (χ1n) is 8.14. The molecule has 7 heteroatoms. The standard InChI is InChI=1S/C18H19N3O3S/c1-12-11-25-18-19-14(8-17(22)21(12)18)10-20(2)9-13-3-4-15-16(7-13)24-6-5-23-15/h3-4,7-8,11H,5-6,9-10H2,1-2H3. The Hall–Kier alpha value is -2.38. The number of aryl methyl sites for hydroxylation is 1. The molecule has 25 heavy (non-hydrogen) atoms. The van der Waals surface area contributed by atoms with E-state index < -0.39 is 0 Å². The molecule has 1 aliphatic rings. The zero-order chi connectivity index (χ0) is 17.4. The lowest BCUT2D eigenvalue weighted by molar-refractivity contribution is 0.171. The van der Waals surface area contributed by atoms with Gasteiger partial charge < -0.3 is 9.47 Å². The van der Waals surface area contributed by atoms with Gasteiger partial charge in [-0.05, 0) is 31.7 Å². The first kappa shape index (κ1) is 16.1. The van der Waals surface area contributed by atoms with Crippen LogP contribution in [0.5, 0.6) is 11.5 Å². The number of hydrogen-bond acceptors (Lipinski definition) is 6. The Labute approximate surface area is 149 Å². The zero-order valence-corrected chi connectivity index (χ0v) is 15.0. The van der Waals surface area contributed by atoms with Gasteiger partial charge in [-0.3, -0.25) is 14.1 Å². The minimum Gasteiger partial charge on any atom is -0.486 e.